The van der Waals surface area contributed by atoms with Crippen LogP contribution in [0.3, 0.4) is 0 Å². The van der Waals surface area contributed by atoms with E-state index in [1.165, 1.54) is 30.3 Å². The number of hydrogen-bond donors (Lipinski definition) is 24. The van der Waals surface area contributed by atoms with Gasteiger partial charge in [0.25, 0.3) is 0 Å². The highest BCUT2D eigenvalue weighted by Crippen LogP contribution is 2.51. The van der Waals surface area contributed by atoms with Crippen molar-refractivity contribution in [2.24, 2.45) is 11.7 Å². The number of ether oxygens (including phenoxy) is 9. The van der Waals surface area contributed by atoms with Gasteiger partial charge in [-0.25, -0.2) is 4.79 Å². The van der Waals surface area contributed by atoms with Gasteiger partial charge in [-0.3, -0.25) is 38.4 Å². The van der Waals surface area contributed by atoms with Crippen molar-refractivity contribution >= 4 is 76.4 Å². The molecule has 7 aromatic carbocycles. The molecule has 24 atom stereocenters. The van der Waals surface area contributed by atoms with E-state index in [1.807, 2.05) is 0 Å². The van der Waals surface area contributed by atoms with Crippen molar-refractivity contribution < 1.29 is 162 Å². The van der Waals surface area contributed by atoms with Crippen molar-refractivity contribution in [3.05, 3.63) is 164 Å². The van der Waals surface area contributed by atoms with E-state index in [2.05, 4.69) is 56.4 Å². The Balaban J connectivity index is 1.03. The highest BCUT2D eigenvalue weighted by molar-refractivity contribution is 6.32. The van der Waals surface area contributed by atoms with Gasteiger partial charge in [0, 0.05) is 48.6 Å². The fourth-order valence-corrected chi connectivity index (χ4v) is 17.1. The molecular weight excluding hydrogens is 1790 g/mol. The number of aliphatic hydroxyl groups excluding tert-OH is 10. The first-order chi connectivity index (χ1) is 63.4. The SMILES string of the molecule is CCC(C)CCCCCCC(=O)N[C@H]1[C@H](Oc2c3cc4cc2Oc2ccc(cc2Cl)[C@@H](O[C@@H]2O[C@H](CO)[C@@H](O)[C@H](O)[C@H]2NC(C)=O)[C@@H]2NC(=O)[C@H](NC(=O)[C@@H]4NC(=O)[C@H]4NC(=O)[C@@H](Cc5ccc(c(Cl)c5)O3)NC(=O)[C@@H](N)c3ccc(O)c(c3)Oc3cc(O)cc4c3)c3ccc(O)c(c3)-c3c(O[C@H]4O[C@H](CO)[C@@H](O)[C@H](O)[C@@H]4O)cc(O)cc3[C@@H](C(=O)O)NC2=O)O[C@H](CO)[C@@H](O)[C@@H]1O. The number of halogens is 2. The molecule has 44 heteroatoms. The van der Waals surface area contributed by atoms with Crippen LogP contribution in [0.15, 0.2) is 115 Å². The lowest BCUT2D eigenvalue weighted by atomic mass is 9.89. The van der Waals surface area contributed by atoms with Crippen LogP contribution >= 0.6 is 23.2 Å². The van der Waals surface area contributed by atoms with Crippen LogP contribution in [0.5, 0.6) is 69.0 Å². The van der Waals surface area contributed by atoms with Crippen molar-refractivity contribution in [1.82, 2.24) is 42.5 Å². The third kappa shape index (κ3) is 21.1. The molecule has 712 valence electrons. The number of carboxylic acid groups (broad SMARTS) is 1. The zero-order valence-electron chi connectivity index (χ0n) is 71.0. The number of phenolic OH excluding ortho intramolecular Hbond substituents is 4. The van der Waals surface area contributed by atoms with Crippen molar-refractivity contribution in [2.75, 3.05) is 19.8 Å². The largest absolute Gasteiger partial charge is 0.508 e. The van der Waals surface area contributed by atoms with Crippen LogP contribution in [-0.4, -0.2) is 254 Å². The Kier molecular flexibility index (Phi) is 30.0. The molecule has 0 aliphatic carbocycles. The predicted octanol–water partition coefficient (Wildman–Crippen LogP) is 1.41. The van der Waals surface area contributed by atoms with Crippen molar-refractivity contribution in [2.45, 2.75) is 213 Å². The number of rotatable bonds is 20. The van der Waals surface area contributed by atoms with E-state index in [1.54, 1.807) is 0 Å². The Morgan fingerprint density at radius 3 is 1.70 bits per heavy atom. The summed E-state index contributed by atoms with van der Waals surface area (Å²) in [7, 11) is 0. The number of phenols is 4. The van der Waals surface area contributed by atoms with Crippen LogP contribution in [0.1, 0.15) is 141 Å². The molecule has 8 amide bonds. The van der Waals surface area contributed by atoms with E-state index in [9.17, 15) is 95.8 Å². The molecule has 9 aliphatic rings. The third-order valence-electron chi connectivity index (χ3n) is 24.0. The van der Waals surface area contributed by atoms with Crippen LogP contribution < -0.4 is 72.0 Å². The molecule has 0 aromatic heterocycles. The normalized spacial score (nSPS) is 29.0. The van der Waals surface area contributed by atoms with Crippen LogP contribution in [0.4, 0.5) is 0 Å². The number of carbonyl (C=O) groups excluding carboxylic acids is 8. The summed E-state index contributed by atoms with van der Waals surface area (Å²) in [6.45, 7) is 2.03. The molecule has 16 rings (SSSR count). The van der Waals surface area contributed by atoms with Crippen molar-refractivity contribution in [3.8, 4) is 80.1 Å². The summed E-state index contributed by atoms with van der Waals surface area (Å²) in [6, 6.07) is 0.677. The highest BCUT2D eigenvalue weighted by atomic mass is 35.5. The summed E-state index contributed by atoms with van der Waals surface area (Å²) in [5, 5.41) is 190. The smallest absolute Gasteiger partial charge is 0.330 e. The number of hydrogen-bond acceptors (Lipinski definition) is 33. The van der Waals surface area contributed by atoms with Crippen LogP contribution in [0.2, 0.25) is 10.0 Å². The van der Waals surface area contributed by atoms with E-state index < -0.39 is 316 Å². The monoisotopic (exact) mass is 1890 g/mol. The Morgan fingerprint density at radius 1 is 0.511 bits per heavy atom. The minimum absolute atomic E-state index is 0.0270. The first-order valence-corrected chi connectivity index (χ1v) is 43.2. The Labute approximate surface area is 766 Å². The first-order valence-electron chi connectivity index (χ1n) is 42.5. The standard InChI is InChI=1S/C89H99Cl2N9O33/c1-4-34(2)9-7-5-6-8-10-61(109)95-69-75(114)72(111)59(32-102)130-88(69)133-79-56-26-41-27-57(79)127-53-18-14-39(24-48(53)91)78(132-87-68(93-35(3)104)74(113)71(110)58(31-101)129-87)70-85(122)99-67(86(123)124)46-29-43(106)30-55(128-89-77(116)76(115)73(112)60(33-103)131-89)62(46)45-23-38(13-15-50(45)107)64(82(119)100-70)97-84(121)66(41)98-83(120)65-40-21-42(105)28-44(22-40)125-54-25-37(12-16-51(54)108)63(92)81(118)94-49(80(117)96-65)20-36-11-17-52(126-56)47(90)19-36/h11-19,21-30,34,49,58-60,63-78,87-89,101-103,105-108,110-116H,4-10,20,31-33,92H2,1-3H3,(H,93,104)(H,94,118)(H,95,109)(H,96,117)(H,97,121)(H,98,120)(H,99,122)(H,100,119)(H,123,124)/t34?,49-,58-,59-,60-,63+,64-,65+,66-,67+,68-,69-,70+,71-,72-,73-,74-,75-,76+,77+,78-,87+,88+,89+/m1/s1. The first kappa shape index (κ1) is 97.0. The highest BCUT2D eigenvalue weighted by Gasteiger charge is 2.52. The maximum atomic E-state index is 17.0. The van der Waals surface area contributed by atoms with Gasteiger partial charge in [0.2, 0.25) is 65.6 Å². The molecule has 0 spiro atoms. The minimum Gasteiger partial charge on any atom is -0.508 e. The molecule has 3 fully saturated rings. The lowest BCUT2D eigenvalue weighted by Crippen LogP contribution is -2.65. The number of carboxylic acids is 1. The van der Waals surface area contributed by atoms with Gasteiger partial charge in [-0.05, 0) is 125 Å². The molecule has 7 aromatic rings. The van der Waals surface area contributed by atoms with E-state index in [-0.39, 0.29) is 39.8 Å². The number of amides is 8. The summed E-state index contributed by atoms with van der Waals surface area (Å²) in [4.78, 5) is 138. The summed E-state index contributed by atoms with van der Waals surface area (Å²) in [5.41, 5.74) is 2.80. The Morgan fingerprint density at radius 2 is 1.07 bits per heavy atom. The molecule has 3 saturated heterocycles. The zero-order valence-corrected chi connectivity index (χ0v) is 72.5. The maximum Gasteiger partial charge on any atom is 0.330 e. The lowest BCUT2D eigenvalue weighted by molar-refractivity contribution is -0.284. The Bertz CT molecular complexity index is 5580. The average molecular weight is 1890 g/mol. The molecule has 133 heavy (non-hydrogen) atoms. The number of nitrogens with one attached hydrogen (secondary N) is 8. The molecule has 0 radical (unpaired) electrons. The quantitative estimate of drug-likeness (QED) is 0.0480. The topological polar surface area (TPSA) is 662 Å². The van der Waals surface area contributed by atoms with Crippen LogP contribution in [0.25, 0.3) is 11.1 Å². The number of benzene rings is 7. The molecular formula is C89H99Cl2N9O33. The number of aliphatic carboxylic acids is 1. The van der Waals surface area contributed by atoms with Gasteiger partial charge in [0.15, 0.2) is 35.3 Å². The van der Waals surface area contributed by atoms with Gasteiger partial charge in [0.1, 0.15) is 156 Å². The molecule has 9 aliphatic heterocycles. The van der Waals surface area contributed by atoms with E-state index in [4.69, 9.17) is 71.6 Å². The van der Waals surface area contributed by atoms with Gasteiger partial charge < -0.3 is 167 Å². The van der Waals surface area contributed by atoms with E-state index in [0.29, 0.717) is 18.8 Å². The molecule has 9 heterocycles. The fourth-order valence-electron chi connectivity index (χ4n) is 16.6. The zero-order chi connectivity index (χ0) is 95.6. The summed E-state index contributed by atoms with van der Waals surface area (Å²) < 4.78 is 57.5. The van der Waals surface area contributed by atoms with Crippen molar-refractivity contribution in [1.29, 1.82) is 0 Å². The Hall–Kier alpha value is -12.1. The molecule has 42 nitrogen and oxygen atoms in total. The molecule has 25 N–H and O–H groups in total. The van der Waals surface area contributed by atoms with E-state index in [0.717, 1.165) is 118 Å². The fraction of sp³-hybridized carbons (Fsp3) is 0.427. The number of nitrogens with two attached hydrogens (primary N) is 1. The predicted molar refractivity (Wildman–Crippen MR) is 458 cm³/mol. The average Bonchev–Trinajstić information content (AvgIpc) is 0.763. The summed E-state index contributed by atoms with van der Waals surface area (Å²) in [5.74, 6) is -19.1. The summed E-state index contributed by atoms with van der Waals surface area (Å²) in [6.07, 6.45) is -24.9. The third-order valence-corrected chi connectivity index (χ3v) is 24.6. The number of fused-ring (bicyclic) bond motifs is 14. The van der Waals surface area contributed by atoms with Crippen LogP contribution in [-0.2, 0) is 68.5 Å². The number of aliphatic hydroxyl groups is 10. The molecule has 0 saturated carbocycles. The van der Waals surface area contributed by atoms with E-state index >= 15 is 24.0 Å². The number of aromatic hydroxyl groups is 4. The minimum atomic E-state index is -2.59. The maximum absolute atomic E-state index is 17.0. The van der Waals surface area contributed by atoms with Crippen LogP contribution in [0, 0.1) is 5.92 Å². The molecule has 1 unspecified atom stereocenters. The van der Waals surface area contributed by atoms with Gasteiger partial charge in [-0.1, -0.05) is 93.4 Å². The van der Waals surface area contributed by atoms with Gasteiger partial charge in [-0.15, -0.1) is 0 Å². The summed E-state index contributed by atoms with van der Waals surface area (Å²) >= 11 is 14.7. The number of unbranched alkanes of at least 4 members (excludes halogenated alkanes) is 3. The molecule has 17 bridgehead atoms. The lowest BCUT2D eigenvalue weighted by Gasteiger charge is -2.44. The van der Waals surface area contributed by atoms with Gasteiger partial charge in [-0.2, -0.15) is 0 Å². The number of carbonyl (C=O) groups is 9. The van der Waals surface area contributed by atoms with Crippen molar-refractivity contribution in [3.63, 3.8) is 0 Å². The second-order valence-electron chi connectivity index (χ2n) is 33.3. The van der Waals surface area contributed by atoms with Gasteiger partial charge >= 0.3 is 5.97 Å². The van der Waals surface area contributed by atoms with Gasteiger partial charge in [0.05, 0.1) is 29.9 Å². The second kappa shape index (κ2) is 41.2. The second-order valence-corrected chi connectivity index (χ2v) is 34.1.